The van der Waals surface area contributed by atoms with Crippen molar-refractivity contribution in [2.75, 3.05) is 6.54 Å². The SMILES string of the molecule is N#CCCCCN1C2CCC1CC(N)C2. The first-order valence-corrected chi connectivity index (χ1v) is 6.19. The van der Waals surface area contributed by atoms with Gasteiger partial charge in [-0.1, -0.05) is 0 Å². The van der Waals surface area contributed by atoms with E-state index in [0.29, 0.717) is 12.5 Å². The Hall–Kier alpha value is -0.590. The highest BCUT2D eigenvalue weighted by Gasteiger charge is 2.38. The lowest BCUT2D eigenvalue weighted by Gasteiger charge is -2.37. The predicted molar refractivity (Wildman–Crippen MR) is 60.2 cm³/mol. The predicted octanol–water partition coefficient (Wildman–Crippen LogP) is 1.63. The fourth-order valence-electron chi connectivity index (χ4n) is 3.18. The highest BCUT2D eigenvalue weighted by molar-refractivity contribution is 4.96. The molecule has 2 aliphatic heterocycles. The molecule has 2 fully saturated rings. The maximum Gasteiger partial charge on any atom is 0.0621 e. The summed E-state index contributed by atoms with van der Waals surface area (Å²) < 4.78 is 0. The van der Waals surface area contributed by atoms with Crippen molar-refractivity contribution in [1.29, 1.82) is 5.26 Å². The summed E-state index contributed by atoms with van der Waals surface area (Å²) in [5, 5.41) is 8.47. The van der Waals surface area contributed by atoms with E-state index in [2.05, 4.69) is 11.0 Å². The number of nitriles is 1. The van der Waals surface area contributed by atoms with Gasteiger partial charge in [-0.25, -0.2) is 0 Å². The van der Waals surface area contributed by atoms with E-state index in [1.54, 1.807) is 0 Å². The number of hydrogen-bond acceptors (Lipinski definition) is 3. The zero-order valence-electron chi connectivity index (χ0n) is 9.36. The van der Waals surface area contributed by atoms with Gasteiger partial charge in [0.25, 0.3) is 0 Å². The van der Waals surface area contributed by atoms with E-state index in [1.807, 2.05) is 0 Å². The molecule has 2 saturated heterocycles. The Kier molecular flexibility index (Phi) is 3.61. The van der Waals surface area contributed by atoms with Gasteiger partial charge in [0.2, 0.25) is 0 Å². The Labute approximate surface area is 92.2 Å². The van der Waals surface area contributed by atoms with Gasteiger partial charge >= 0.3 is 0 Å². The summed E-state index contributed by atoms with van der Waals surface area (Å²) in [5.41, 5.74) is 6.02. The summed E-state index contributed by atoms with van der Waals surface area (Å²) in [5.74, 6) is 0. The maximum absolute atomic E-state index is 8.47. The van der Waals surface area contributed by atoms with Crippen molar-refractivity contribution in [3.8, 4) is 6.07 Å². The molecule has 3 nitrogen and oxygen atoms in total. The third-order valence-corrected chi connectivity index (χ3v) is 3.88. The molecule has 2 rings (SSSR count). The molecule has 0 aromatic carbocycles. The Morgan fingerprint density at radius 1 is 1.20 bits per heavy atom. The molecule has 0 aromatic rings. The molecular formula is C12H21N3. The number of nitrogens with zero attached hydrogens (tertiary/aromatic N) is 2. The van der Waals surface area contributed by atoms with Crippen molar-refractivity contribution in [2.24, 2.45) is 5.73 Å². The number of unbranched alkanes of at least 4 members (excludes halogenated alkanes) is 2. The van der Waals surface area contributed by atoms with Gasteiger partial charge < -0.3 is 5.73 Å². The molecule has 2 atom stereocenters. The molecule has 3 heteroatoms. The molecule has 0 spiro atoms. The van der Waals surface area contributed by atoms with Crippen LogP contribution >= 0.6 is 0 Å². The number of rotatable bonds is 4. The first-order valence-electron chi connectivity index (χ1n) is 6.19. The Morgan fingerprint density at radius 3 is 2.47 bits per heavy atom. The van der Waals surface area contributed by atoms with Crippen molar-refractivity contribution in [1.82, 2.24) is 4.90 Å². The highest BCUT2D eigenvalue weighted by atomic mass is 15.2. The van der Waals surface area contributed by atoms with Gasteiger partial charge in [0.05, 0.1) is 6.07 Å². The van der Waals surface area contributed by atoms with E-state index in [0.717, 1.165) is 18.5 Å². The molecule has 0 amide bonds. The van der Waals surface area contributed by atoms with Crippen LogP contribution in [0.3, 0.4) is 0 Å². The van der Waals surface area contributed by atoms with Gasteiger partial charge in [0.1, 0.15) is 0 Å². The van der Waals surface area contributed by atoms with Crippen LogP contribution in [0.1, 0.15) is 44.9 Å². The molecule has 0 radical (unpaired) electrons. The third kappa shape index (κ3) is 2.50. The summed E-state index contributed by atoms with van der Waals surface area (Å²) in [4.78, 5) is 2.65. The van der Waals surface area contributed by atoms with Gasteiger partial charge in [-0.2, -0.15) is 5.26 Å². The topological polar surface area (TPSA) is 53.0 Å². The first kappa shape index (κ1) is 10.9. The average Bonchev–Trinajstić information content (AvgIpc) is 2.46. The molecule has 0 aliphatic carbocycles. The lowest BCUT2D eigenvalue weighted by atomic mass is 9.98. The van der Waals surface area contributed by atoms with Gasteiger partial charge in [0.15, 0.2) is 0 Å². The molecule has 15 heavy (non-hydrogen) atoms. The monoisotopic (exact) mass is 207 g/mol. The second-order valence-corrected chi connectivity index (χ2v) is 4.97. The van der Waals surface area contributed by atoms with Crippen molar-refractivity contribution < 1.29 is 0 Å². The van der Waals surface area contributed by atoms with Crippen LogP contribution < -0.4 is 5.73 Å². The van der Waals surface area contributed by atoms with Crippen LogP contribution in [0.4, 0.5) is 0 Å². The molecule has 2 unspecified atom stereocenters. The lowest BCUT2D eigenvalue weighted by Crippen LogP contribution is -2.47. The first-order chi connectivity index (χ1) is 7.31. The minimum atomic E-state index is 0.442. The van der Waals surface area contributed by atoms with E-state index < -0.39 is 0 Å². The summed E-state index contributed by atoms with van der Waals surface area (Å²) in [6.07, 6.45) is 8.01. The maximum atomic E-state index is 8.47. The second kappa shape index (κ2) is 4.96. The molecule has 2 aliphatic rings. The van der Waals surface area contributed by atoms with Crippen molar-refractivity contribution in [3.63, 3.8) is 0 Å². The molecule has 2 N–H and O–H groups in total. The van der Waals surface area contributed by atoms with Crippen LogP contribution in [0.15, 0.2) is 0 Å². The second-order valence-electron chi connectivity index (χ2n) is 4.97. The summed E-state index contributed by atoms with van der Waals surface area (Å²) >= 11 is 0. The van der Waals surface area contributed by atoms with Crippen LogP contribution in [0.25, 0.3) is 0 Å². The Morgan fingerprint density at radius 2 is 1.87 bits per heavy atom. The zero-order valence-corrected chi connectivity index (χ0v) is 9.36. The van der Waals surface area contributed by atoms with E-state index in [-0.39, 0.29) is 0 Å². The fraction of sp³-hybridized carbons (Fsp3) is 0.917. The number of piperidine rings is 1. The number of nitrogens with two attached hydrogens (primary N) is 1. The molecule has 2 heterocycles. The summed E-state index contributed by atoms with van der Waals surface area (Å²) in [7, 11) is 0. The quantitative estimate of drug-likeness (QED) is 0.713. The summed E-state index contributed by atoms with van der Waals surface area (Å²) in [6, 6.07) is 4.16. The fourth-order valence-corrected chi connectivity index (χ4v) is 3.18. The van der Waals surface area contributed by atoms with Gasteiger partial charge in [-0.3, -0.25) is 4.90 Å². The van der Waals surface area contributed by atoms with Crippen LogP contribution in [0, 0.1) is 11.3 Å². The van der Waals surface area contributed by atoms with Crippen LogP contribution in [-0.4, -0.2) is 29.6 Å². The highest BCUT2D eigenvalue weighted by Crippen LogP contribution is 2.35. The standard InChI is InChI=1S/C12H21N3/c13-6-2-1-3-7-15-11-4-5-12(15)9-10(14)8-11/h10-12H,1-5,7-9,14H2. The van der Waals surface area contributed by atoms with E-state index in [4.69, 9.17) is 11.0 Å². The normalized spacial score (nSPS) is 35.3. The minimum Gasteiger partial charge on any atom is -0.328 e. The lowest BCUT2D eigenvalue weighted by molar-refractivity contribution is 0.126. The Bertz CT molecular complexity index is 232. The van der Waals surface area contributed by atoms with Crippen molar-refractivity contribution in [2.45, 2.75) is 63.1 Å². The van der Waals surface area contributed by atoms with E-state index in [1.165, 1.54) is 38.6 Å². The smallest absolute Gasteiger partial charge is 0.0621 e. The van der Waals surface area contributed by atoms with Crippen molar-refractivity contribution in [3.05, 3.63) is 0 Å². The van der Waals surface area contributed by atoms with E-state index >= 15 is 0 Å². The Balaban J connectivity index is 1.76. The van der Waals surface area contributed by atoms with Crippen LogP contribution in [0.5, 0.6) is 0 Å². The zero-order chi connectivity index (χ0) is 10.7. The average molecular weight is 207 g/mol. The van der Waals surface area contributed by atoms with Crippen molar-refractivity contribution >= 4 is 0 Å². The molecule has 0 saturated carbocycles. The molecule has 2 bridgehead atoms. The van der Waals surface area contributed by atoms with Gasteiger partial charge in [-0.15, -0.1) is 0 Å². The van der Waals surface area contributed by atoms with E-state index in [9.17, 15) is 0 Å². The van der Waals surface area contributed by atoms with Gasteiger partial charge in [-0.05, 0) is 45.1 Å². The third-order valence-electron chi connectivity index (χ3n) is 3.88. The number of hydrogen-bond donors (Lipinski definition) is 1. The van der Waals surface area contributed by atoms with Gasteiger partial charge in [0, 0.05) is 24.5 Å². The largest absolute Gasteiger partial charge is 0.328 e. The van der Waals surface area contributed by atoms with Crippen LogP contribution in [-0.2, 0) is 0 Å². The minimum absolute atomic E-state index is 0.442. The molecule has 84 valence electrons. The van der Waals surface area contributed by atoms with Crippen LogP contribution in [0.2, 0.25) is 0 Å². The summed E-state index contributed by atoms with van der Waals surface area (Å²) in [6.45, 7) is 1.18. The molecular weight excluding hydrogens is 186 g/mol. The number of fused-ring (bicyclic) bond motifs is 2. The molecule has 0 aromatic heterocycles.